The van der Waals surface area contributed by atoms with Crippen LogP contribution in [0.2, 0.25) is 0 Å². The summed E-state index contributed by atoms with van der Waals surface area (Å²) in [5.41, 5.74) is 11.4. The van der Waals surface area contributed by atoms with Gasteiger partial charge >= 0.3 is 6.01 Å². The van der Waals surface area contributed by atoms with Crippen LogP contribution in [0.3, 0.4) is 0 Å². The zero-order chi connectivity index (χ0) is 18.8. The third kappa shape index (κ3) is 3.08. The van der Waals surface area contributed by atoms with E-state index in [1.165, 1.54) is 12.7 Å². The van der Waals surface area contributed by atoms with Crippen molar-refractivity contribution in [3.63, 3.8) is 0 Å². The first kappa shape index (κ1) is 17.0. The molecule has 134 valence electrons. The Balaban J connectivity index is 1.85. The van der Waals surface area contributed by atoms with Gasteiger partial charge in [0.05, 0.1) is 7.11 Å². The lowest BCUT2D eigenvalue weighted by Gasteiger charge is -2.27. The van der Waals surface area contributed by atoms with Crippen molar-refractivity contribution in [1.29, 1.82) is 5.26 Å². The smallest absolute Gasteiger partial charge is 0.316 e. The summed E-state index contributed by atoms with van der Waals surface area (Å²) in [7, 11) is 1.52. The van der Waals surface area contributed by atoms with E-state index in [1.54, 1.807) is 12.4 Å². The molecular weight excluding hydrogens is 338 g/mol. The molecule has 2 aromatic heterocycles. The number of nitrogens with zero attached hydrogens (tertiary/aromatic N) is 4. The number of hydrogen-bond donors (Lipinski definition) is 1. The van der Waals surface area contributed by atoms with E-state index < -0.39 is 0 Å². The normalized spacial score (nSPS) is 15.6. The van der Waals surface area contributed by atoms with Crippen LogP contribution in [0.1, 0.15) is 34.7 Å². The number of aromatic nitrogens is 3. The van der Waals surface area contributed by atoms with Crippen molar-refractivity contribution >= 4 is 5.82 Å². The second-order valence-corrected chi connectivity index (χ2v) is 6.59. The zero-order valence-electron chi connectivity index (χ0n) is 15.0. The van der Waals surface area contributed by atoms with Gasteiger partial charge in [0, 0.05) is 29.2 Å². The first-order valence-electron chi connectivity index (χ1n) is 8.84. The van der Waals surface area contributed by atoms with Gasteiger partial charge in [-0.05, 0) is 36.3 Å². The van der Waals surface area contributed by atoms with Gasteiger partial charge in [-0.25, -0.2) is 15.0 Å². The van der Waals surface area contributed by atoms with Crippen LogP contribution in [0, 0.1) is 11.3 Å². The lowest BCUT2D eigenvalue weighted by Crippen LogP contribution is -2.17. The van der Waals surface area contributed by atoms with E-state index in [1.807, 2.05) is 6.07 Å². The lowest BCUT2D eigenvalue weighted by molar-refractivity contribution is 0.380. The molecule has 0 radical (unpaired) electrons. The van der Waals surface area contributed by atoms with Gasteiger partial charge in [-0.3, -0.25) is 0 Å². The third-order valence-electron chi connectivity index (χ3n) is 5.07. The topological polar surface area (TPSA) is 97.7 Å². The summed E-state index contributed by atoms with van der Waals surface area (Å²) in [6.07, 6.45) is 5.99. The maximum Gasteiger partial charge on any atom is 0.316 e. The third-order valence-corrected chi connectivity index (χ3v) is 5.07. The lowest BCUT2D eigenvalue weighted by atomic mass is 9.79. The summed E-state index contributed by atoms with van der Waals surface area (Å²) in [6, 6.07) is 13.0. The van der Waals surface area contributed by atoms with Crippen LogP contribution < -0.4 is 10.5 Å². The molecule has 1 aliphatic carbocycles. The van der Waals surface area contributed by atoms with Crippen molar-refractivity contribution in [3.05, 3.63) is 65.1 Å². The Labute approximate surface area is 157 Å². The van der Waals surface area contributed by atoms with E-state index in [-0.39, 0.29) is 11.8 Å². The monoisotopic (exact) mass is 357 g/mol. The molecule has 1 aromatic carbocycles. The molecule has 0 unspecified atom stereocenters. The minimum Gasteiger partial charge on any atom is -0.467 e. The first-order valence-corrected chi connectivity index (χ1v) is 8.84. The fourth-order valence-electron chi connectivity index (χ4n) is 3.77. The number of rotatable bonds is 3. The highest BCUT2D eigenvalue weighted by molar-refractivity contribution is 5.78. The molecule has 0 amide bonds. The molecule has 4 rings (SSSR count). The Hall–Kier alpha value is -3.46. The van der Waals surface area contributed by atoms with Gasteiger partial charge in [0.2, 0.25) is 0 Å². The highest BCUT2D eigenvalue weighted by atomic mass is 16.5. The molecule has 6 heteroatoms. The summed E-state index contributed by atoms with van der Waals surface area (Å²) in [6.45, 7) is 0. The molecule has 27 heavy (non-hydrogen) atoms. The molecule has 0 saturated carbocycles. The van der Waals surface area contributed by atoms with E-state index in [0.29, 0.717) is 11.5 Å². The molecule has 1 atom stereocenters. The second kappa shape index (κ2) is 7.04. The molecule has 0 saturated heterocycles. The van der Waals surface area contributed by atoms with Gasteiger partial charge in [-0.1, -0.05) is 30.3 Å². The number of nitrogens with two attached hydrogens (primary N) is 1. The van der Waals surface area contributed by atoms with Crippen LogP contribution in [-0.2, 0) is 12.8 Å². The molecule has 0 bridgehead atoms. The number of aryl methyl sites for hydroxylation is 1. The van der Waals surface area contributed by atoms with Crippen molar-refractivity contribution < 1.29 is 4.74 Å². The molecule has 3 aromatic rings. The van der Waals surface area contributed by atoms with Crippen LogP contribution in [0.25, 0.3) is 11.1 Å². The van der Waals surface area contributed by atoms with Gasteiger partial charge in [-0.2, -0.15) is 5.26 Å². The Morgan fingerprint density at radius 3 is 2.59 bits per heavy atom. The van der Waals surface area contributed by atoms with Crippen LogP contribution in [0.5, 0.6) is 6.01 Å². The summed E-state index contributed by atoms with van der Waals surface area (Å²) in [5.74, 6) is 0.647. The molecule has 2 heterocycles. The van der Waals surface area contributed by atoms with Gasteiger partial charge < -0.3 is 10.5 Å². The summed E-state index contributed by atoms with van der Waals surface area (Å²) in [4.78, 5) is 12.9. The molecule has 0 aliphatic heterocycles. The van der Waals surface area contributed by atoms with E-state index >= 15 is 0 Å². The Morgan fingerprint density at radius 2 is 1.93 bits per heavy atom. The highest BCUT2D eigenvalue weighted by Crippen LogP contribution is 2.40. The maximum atomic E-state index is 9.71. The largest absolute Gasteiger partial charge is 0.467 e. The van der Waals surface area contributed by atoms with Crippen molar-refractivity contribution in [1.82, 2.24) is 15.0 Å². The number of benzene rings is 1. The predicted octanol–water partition coefficient (Wildman–Crippen LogP) is 3.27. The number of hydrogen-bond acceptors (Lipinski definition) is 6. The number of pyridine rings is 1. The Kier molecular flexibility index (Phi) is 4.43. The summed E-state index contributed by atoms with van der Waals surface area (Å²) in [5, 5.41) is 9.71. The minimum atomic E-state index is 0.264. The van der Waals surface area contributed by atoms with Crippen molar-refractivity contribution in [2.75, 3.05) is 12.8 Å². The molecule has 6 nitrogen and oxygen atoms in total. The molecular formula is C21H19N5O. The van der Waals surface area contributed by atoms with E-state index in [2.05, 4.69) is 45.3 Å². The number of nitrogen functional groups attached to an aromatic ring is 1. The van der Waals surface area contributed by atoms with Crippen LogP contribution in [-0.4, -0.2) is 22.1 Å². The fourth-order valence-corrected chi connectivity index (χ4v) is 3.77. The van der Waals surface area contributed by atoms with E-state index in [9.17, 15) is 5.26 Å². The minimum absolute atomic E-state index is 0.264. The van der Waals surface area contributed by atoms with E-state index in [0.717, 1.165) is 41.6 Å². The van der Waals surface area contributed by atoms with Gasteiger partial charge in [0.25, 0.3) is 0 Å². The maximum absolute atomic E-state index is 9.71. The van der Waals surface area contributed by atoms with Gasteiger partial charge in [-0.15, -0.1) is 0 Å². The van der Waals surface area contributed by atoms with Crippen molar-refractivity contribution in [3.8, 4) is 23.2 Å². The Morgan fingerprint density at radius 1 is 1.19 bits per heavy atom. The number of ether oxygens (including phenoxy) is 1. The average molecular weight is 357 g/mol. The number of methoxy groups -OCH3 is 1. The fraction of sp³-hybridized carbons (Fsp3) is 0.238. The van der Waals surface area contributed by atoms with Crippen LogP contribution >= 0.6 is 0 Å². The standard InChI is InChI=1S/C21H19N5O/c1-27-21-24-11-15(12-25-21)19-16-9-14(13-5-3-2-4-6-13)7-8-18(16)26-20(23)17(19)10-22/h2-6,11-12,14H,7-9H2,1H3,(H2,23,26)/t14-/m1/s1. The quantitative estimate of drug-likeness (QED) is 0.772. The second-order valence-electron chi connectivity index (χ2n) is 6.59. The predicted molar refractivity (Wildman–Crippen MR) is 102 cm³/mol. The molecule has 0 fully saturated rings. The molecule has 0 spiro atoms. The van der Waals surface area contributed by atoms with Crippen molar-refractivity contribution in [2.45, 2.75) is 25.2 Å². The summed E-state index contributed by atoms with van der Waals surface area (Å²) < 4.78 is 5.05. The van der Waals surface area contributed by atoms with E-state index in [4.69, 9.17) is 10.5 Å². The highest BCUT2D eigenvalue weighted by Gasteiger charge is 2.27. The van der Waals surface area contributed by atoms with Crippen molar-refractivity contribution in [2.24, 2.45) is 0 Å². The Bertz CT molecular complexity index is 1010. The zero-order valence-corrected chi connectivity index (χ0v) is 15.0. The van der Waals surface area contributed by atoms with Gasteiger partial charge in [0.15, 0.2) is 0 Å². The average Bonchev–Trinajstić information content (AvgIpc) is 2.73. The van der Waals surface area contributed by atoms with Crippen LogP contribution in [0.15, 0.2) is 42.7 Å². The number of nitriles is 1. The van der Waals surface area contributed by atoms with Crippen LogP contribution in [0.4, 0.5) is 5.82 Å². The van der Waals surface area contributed by atoms with Gasteiger partial charge in [0.1, 0.15) is 17.5 Å². The summed E-state index contributed by atoms with van der Waals surface area (Å²) >= 11 is 0. The SMILES string of the molecule is COc1ncc(-c2c(C#N)c(N)nc3c2C[C@H](c2ccccc2)CC3)cn1. The first-order chi connectivity index (χ1) is 13.2. The molecule has 1 aliphatic rings. The number of anilines is 1. The number of fused-ring (bicyclic) bond motifs is 1. The molecule has 2 N–H and O–H groups in total.